The highest BCUT2D eigenvalue weighted by Crippen LogP contribution is 2.21. The summed E-state index contributed by atoms with van der Waals surface area (Å²) in [6, 6.07) is 10.1. The molecule has 0 aliphatic carbocycles. The number of hydrazine groups is 1. The van der Waals surface area contributed by atoms with Crippen LogP contribution in [0.1, 0.15) is 0 Å². The molecule has 90 valence electrons. The largest absolute Gasteiger partial charge is 0.302 e. The predicted octanol–water partition coefficient (Wildman–Crippen LogP) is 2.38. The Morgan fingerprint density at radius 2 is 1.94 bits per heavy atom. The van der Waals surface area contributed by atoms with Crippen LogP contribution < -0.4 is 0 Å². The highest BCUT2D eigenvalue weighted by Gasteiger charge is 2.27. The predicted molar refractivity (Wildman–Crippen MR) is 69.5 cm³/mol. The van der Waals surface area contributed by atoms with Crippen LogP contribution in [-0.4, -0.2) is 28.2 Å². The molecule has 0 unspecified atom stereocenters. The lowest BCUT2D eigenvalue weighted by Gasteiger charge is -2.27. The number of rotatable bonds is 2. The van der Waals surface area contributed by atoms with E-state index in [1.165, 1.54) is 0 Å². The van der Waals surface area contributed by atoms with Crippen LogP contribution in [0.2, 0.25) is 0 Å². The van der Waals surface area contributed by atoms with Gasteiger partial charge in [0.15, 0.2) is 0 Å². The molecule has 0 saturated heterocycles. The zero-order valence-corrected chi connectivity index (χ0v) is 10.1. The Balaban J connectivity index is 2.02. The van der Waals surface area contributed by atoms with E-state index in [-0.39, 0.29) is 0 Å². The minimum absolute atomic E-state index is 1.05. The van der Waals surface area contributed by atoms with Gasteiger partial charge in [0.05, 0.1) is 13.3 Å². The van der Waals surface area contributed by atoms with Gasteiger partial charge in [0.25, 0.3) is 0 Å². The van der Waals surface area contributed by atoms with Crippen LogP contribution in [0, 0.1) is 0 Å². The summed E-state index contributed by atoms with van der Waals surface area (Å²) in [6.45, 7) is 0. The Hall–Kier alpha value is -2.33. The maximum Gasteiger partial charge on any atom is 0.302 e. The number of hydroxylamine groups is 1. The molecule has 0 spiro atoms. The van der Waals surface area contributed by atoms with Gasteiger partial charge in [-0.2, -0.15) is 14.4 Å². The smallest absolute Gasteiger partial charge is 0.200 e. The fourth-order valence-corrected chi connectivity index (χ4v) is 1.94. The van der Waals surface area contributed by atoms with Gasteiger partial charge in [-0.1, -0.05) is 24.3 Å². The first-order valence-corrected chi connectivity index (χ1v) is 5.76. The first kappa shape index (κ1) is 10.8. The van der Waals surface area contributed by atoms with Gasteiger partial charge in [0.1, 0.15) is 17.6 Å². The second kappa shape index (κ2) is 4.50. The lowest BCUT2D eigenvalue weighted by atomic mass is 10.3. The lowest BCUT2D eigenvalue weighted by Crippen LogP contribution is -2.41. The molecule has 3 rings (SSSR count). The summed E-state index contributed by atoms with van der Waals surface area (Å²) in [6.07, 6.45) is 11.9. The number of allylic oxidation sites excluding steroid dienone is 3. The van der Waals surface area contributed by atoms with Gasteiger partial charge in [0, 0.05) is 0 Å². The molecule has 0 amide bonds. The topological polar surface area (TPSA) is 18.7 Å². The number of hydrogen-bond acceptors (Lipinski definition) is 3. The molecule has 1 aromatic carbocycles. The minimum atomic E-state index is 1.05. The van der Waals surface area contributed by atoms with Crippen molar-refractivity contribution in [3.05, 3.63) is 66.7 Å². The molecule has 2 heterocycles. The molecule has 0 fully saturated rings. The maximum absolute atomic E-state index is 5.35. The Morgan fingerprint density at radius 3 is 2.72 bits per heavy atom. The zero-order chi connectivity index (χ0) is 12.4. The van der Waals surface area contributed by atoms with E-state index in [0.717, 1.165) is 11.4 Å². The summed E-state index contributed by atoms with van der Waals surface area (Å²) in [5.74, 6) is 0. The van der Waals surface area contributed by atoms with Crippen molar-refractivity contribution in [2.75, 3.05) is 7.11 Å². The fraction of sp³-hybridized carbons (Fsp3) is 0.0714. The SMILES string of the molecule is CON1C=[N+](c2ccccc2)C=C2C=CC=CN21. The number of fused-ring (bicyclic) bond motifs is 1. The minimum Gasteiger partial charge on any atom is -0.200 e. The number of benzene rings is 1. The van der Waals surface area contributed by atoms with Crippen molar-refractivity contribution in [2.45, 2.75) is 0 Å². The molecular weight excluding hydrogens is 226 g/mol. The van der Waals surface area contributed by atoms with Gasteiger partial charge in [-0.05, 0) is 29.5 Å². The molecule has 0 bridgehead atoms. The average Bonchev–Trinajstić information content (AvgIpc) is 2.47. The van der Waals surface area contributed by atoms with Crippen LogP contribution in [0.4, 0.5) is 5.69 Å². The molecular formula is C14H14N3O+. The molecule has 0 radical (unpaired) electrons. The van der Waals surface area contributed by atoms with Crippen molar-refractivity contribution in [3.8, 4) is 0 Å². The van der Waals surface area contributed by atoms with Crippen LogP contribution in [0.15, 0.2) is 66.7 Å². The van der Waals surface area contributed by atoms with Crippen LogP contribution in [0.5, 0.6) is 0 Å². The molecule has 1 aromatic rings. The Bertz CT molecular complexity index is 558. The summed E-state index contributed by atoms with van der Waals surface area (Å²) in [4.78, 5) is 5.35. The zero-order valence-electron chi connectivity index (χ0n) is 10.1. The summed E-state index contributed by atoms with van der Waals surface area (Å²) < 4.78 is 2.03. The third-order valence-electron chi connectivity index (χ3n) is 2.82. The van der Waals surface area contributed by atoms with Gasteiger partial charge >= 0.3 is 6.34 Å². The fourth-order valence-electron chi connectivity index (χ4n) is 1.94. The van der Waals surface area contributed by atoms with Gasteiger partial charge in [-0.25, -0.2) is 0 Å². The Kier molecular flexibility index (Phi) is 2.70. The summed E-state index contributed by atoms with van der Waals surface area (Å²) in [5, 5.41) is 3.61. The van der Waals surface area contributed by atoms with Crippen molar-refractivity contribution >= 4 is 12.0 Å². The number of para-hydroxylation sites is 1. The quantitative estimate of drug-likeness (QED) is 0.740. The summed E-state index contributed by atoms with van der Waals surface area (Å²) in [5.41, 5.74) is 2.14. The van der Waals surface area contributed by atoms with E-state index in [1.807, 2.05) is 58.6 Å². The van der Waals surface area contributed by atoms with Crippen LogP contribution >= 0.6 is 0 Å². The third kappa shape index (κ3) is 1.83. The van der Waals surface area contributed by atoms with Crippen molar-refractivity contribution < 1.29 is 9.41 Å². The van der Waals surface area contributed by atoms with Crippen LogP contribution in [0.3, 0.4) is 0 Å². The van der Waals surface area contributed by atoms with E-state index in [1.54, 1.807) is 12.3 Å². The van der Waals surface area contributed by atoms with Crippen LogP contribution in [-0.2, 0) is 4.84 Å². The highest BCUT2D eigenvalue weighted by molar-refractivity contribution is 5.53. The van der Waals surface area contributed by atoms with Gasteiger partial charge in [0.2, 0.25) is 0 Å². The van der Waals surface area contributed by atoms with E-state index in [0.29, 0.717) is 0 Å². The number of nitrogens with zero attached hydrogens (tertiary/aromatic N) is 3. The molecule has 2 aliphatic rings. The second-order valence-corrected chi connectivity index (χ2v) is 3.94. The maximum atomic E-state index is 5.35. The molecule has 0 atom stereocenters. The average molecular weight is 240 g/mol. The molecule has 4 nitrogen and oxygen atoms in total. The van der Waals surface area contributed by atoms with Crippen molar-refractivity contribution in [3.63, 3.8) is 0 Å². The van der Waals surface area contributed by atoms with E-state index in [2.05, 4.69) is 18.3 Å². The van der Waals surface area contributed by atoms with Crippen molar-refractivity contribution in [1.29, 1.82) is 0 Å². The molecule has 0 aromatic heterocycles. The van der Waals surface area contributed by atoms with E-state index in [9.17, 15) is 0 Å². The second-order valence-electron chi connectivity index (χ2n) is 3.94. The highest BCUT2D eigenvalue weighted by atomic mass is 16.7. The first-order chi connectivity index (χ1) is 8.88. The lowest BCUT2D eigenvalue weighted by molar-refractivity contribution is -0.389. The van der Waals surface area contributed by atoms with E-state index in [4.69, 9.17) is 4.84 Å². The Labute approximate surface area is 106 Å². The van der Waals surface area contributed by atoms with E-state index < -0.39 is 0 Å². The van der Waals surface area contributed by atoms with Gasteiger partial charge in [-0.3, -0.25) is 0 Å². The summed E-state index contributed by atoms with van der Waals surface area (Å²) in [7, 11) is 1.65. The van der Waals surface area contributed by atoms with Gasteiger partial charge in [-0.15, -0.1) is 0 Å². The first-order valence-electron chi connectivity index (χ1n) is 5.76. The summed E-state index contributed by atoms with van der Waals surface area (Å²) >= 11 is 0. The van der Waals surface area contributed by atoms with Crippen LogP contribution in [0.25, 0.3) is 0 Å². The molecule has 18 heavy (non-hydrogen) atoms. The molecule has 2 aliphatic heterocycles. The van der Waals surface area contributed by atoms with Crippen molar-refractivity contribution in [2.24, 2.45) is 0 Å². The normalized spacial score (nSPS) is 17.4. The van der Waals surface area contributed by atoms with E-state index >= 15 is 0 Å². The van der Waals surface area contributed by atoms with Gasteiger partial charge < -0.3 is 0 Å². The molecule has 0 N–H and O–H groups in total. The molecule has 0 saturated carbocycles. The molecule has 4 heteroatoms. The third-order valence-corrected chi connectivity index (χ3v) is 2.82. The number of hydrogen-bond donors (Lipinski definition) is 0. The standard InChI is InChI=1S/C14H14N3O/c1-18-17-12-15(13-7-3-2-4-8-13)11-14-9-5-6-10-16(14)17/h2-12H,1H3/q+1. The Morgan fingerprint density at radius 1 is 1.11 bits per heavy atom. The van der Waals surface area contributed by atoms with Crippen molar-refractivity contribution in [1.82, 2.24) is 10.2 Å². The monoisotopic (exact) mass is 240 g/mol.